The van der Waals surface area contributed by atoms with E-state index in [2.05, 4.69) is 0 Å². The van der Waals surface area contributed by atoms with Gasteiger partial charge in [0.15, 0.2) is 6.10 Å². The molecule has 0 saturated heterocycles. The molecule has 1 aromatic rings. The summed E-state index contributed by atoms with van der Waals surface area (Å²) in [5.74, 6) is -0.492. The lowest BCUT2D eigenvalue weighted by Crippen LogP contribution is -2.38. The van der Waals surface area contributed by atoms with Gasteiger partial charge in [-0.25, -0.2) is 9.59 Å². The fraction of sp³-hybridized carbons (Fsp3) is 0.680. The van der Waals surface area contributed by atoms with Gasteiger partial charge in [0.2, 0.25) is 0 Å². The molecular weight excluding hydrogens is 483 g/mol. The van der Waals surface area contributed by atoms with Gasteiger partial charge in [-0.2, -0.15) is 13.2 Å². The third-order valence-corrected chi connectivity index (χ3v) is 4.76. The van der Waals surface area contributed by atoms with Crippen LogP contribution in [0, 0.1) is 5.41 Å². The monoisotopic (exact) mass is 521 g/mol. The van der Waals surface area contributed by atoms with Gasteiger partial charge in [-0.05, 0) is 36.5 Å². The van der Waals surface area contributed by atoms with Gasteiger partial charge in [0.05, 0.1) is 19.8 Å². The summed E-state index contributed by atoms with van der Waals surface area (Å²) in [6.45, 7) is 8.50. The molecule has 0 aromatic heterocycles. The SMILES string of the molecule is CCOC(Cc1ccc(OCCN(CCOCCCC(F)(F)F)C(=O)OCC(C)(C)C)cc1)C(=O)O. The number of rotatable bonds is 16. The molecular formula is C25H38F3NO7. The molecule has 1 aromatic carbocycles. The molecule has 0 saturated carbocycles. The van der Waals surface area contributed by atoms with Gasteiger partial charge in [0, 0.05) is 32.6 Å². The predicted octanol–water partition coefficient (Wildman–Crippen LogP) is 4.94. The van der Waals surface area contributed by atoms with Crippen LogP contribution in [0.3, 0.4) is 0 Å². The highest BCUT2D eigenvalue weighted by Crippen LogP contribution is 2.21. The van der Waals surface area contributed by atoms with Crippen LogP contribution in [0.5, 0.6) is 5.75 Å². The molecule has 0 fully saturated rings. The van der Waals surface area contributed by atoms with Crippen LogP contribution in [0.25, 0.3) is 0 Å². The van der Waals surface area contributed by atoms with Crippen molar-refractivity contribution in [2.45, 2.75) is 59.2 Å². The maximum atomic E-state index is 12.5. The molecule has 0 aliphatic rings. The number of amides is 1. The Bertz CT molecular complexity index is 779. The lowest BCUT2D eigenvalue weighted by atomic mass is 9.99. The lowest BCUT2D eigenvalue weighted by molar-refractivity contribution is -0.150. The number of carbonyl (C=O) groups excluding carboxylic acids is 1. The van der Waals surface area contributed by atoms with Gasteiger partial charge in [-0.1, -0.05) is 32.9 Å². The van der Waals surface area contributed by atoms with Crippen LogP contribution in [0.15, 0.2) is 24.3 Å². The van der Waals surface area contributed by atoms with Crippen LogP contribution >= 0.6 is 0 Å². The van der Waals surface area contributed by atoms with Gasteiger partial charge in [-0.15, -0.1) is 0 Å². The quantitative estimate of drug-likeness (QED) is 0.308. The Labute approximate surface area is 210 Å². The second kappa shape index (κ2) is 15.6. The summed E-state index contributed by atoms with van der Waals surface area (Å²) < 4.78 is 58.2. The Hall–Kier alpha value is -2.53. The molecule has 11 heteroatoms. The van der Waals surface area contributed by atoms with E-state index in [-0.39, 0.29) is 57.8 Å². The van der Waals surface area contributed by atoms with E-state index < -0.39 is 30.8 Å². The fourth-order valence-corrected chi connectivity index (χ4v) is 2.94. The second-order valence-electron chi connectivity index (χ2n) is 9.41. The van der Waals surface area contributed by atoms with E-state index in [4.69, 9.17) is 18.9 Å². The first-order chi connectivity index (χ1) is 16.8. The number of aliphatic carboxylic acids is 1. The number of halogens is 3. The number of alkyl halides is 3. The Balaban J connectivity index is 2.57. The van der Waals surface area contributed by atoms with Crippen molar-refractivity contribution in [3.05, 3.63) is 29.8 Å². The summed E-state index contributed by atoms with van der Waals surface area (Å²) in [6.07, 6.45) is -6.54. The lowest BCUT2D eigenvalue weighted by Gasteiger charge is -2.25. The van der Waals surface area contributed by atoms with Gasteiger partial charge < -0.3 is 29.0 Å². The number of hydrogen-bond donors (Lipinski definition) is 1. The Morgan fingerprint density at radius 2 is 1.67 bits per heavy atom. The standard InChI is InChI=1S/C25H38F3NO7/c1-5-34-21(22(30)31)17-19-7-9-20(10-8-19)35-16-13-29(23(32)36-18-24(2,3)4)12-15-33-14-6-11-25(26,27)28/h7-10,21H,5-6,11-18H2,1-4H3,(H,30,31). The maximum Gasteiger partial charge on any atom is 0.409 e. The van der Waals surface area contributed by atoms with Crippen molar-refractivity contribution >= 4 is 12.1 Å². The minimum atomic E-state index is -4.22. The van der Waals surface area contributed by atoms with Crippen LogP contribution in [0.1, 0.15) is 46.1 Å². The number of carboxylic acid groups (broad SMARTS) is 1. The van der Waals surface area contributed by atoms with E-state index in [9.17, 15) is 27.9 Å². The zero-order valence-corrected chi connectivity index (χ0v) is 21.4. The Morgan fingerprint density at radius 3 is 2.22 bits per heavy atom. The molecule has 0 spiro atoms. The first-order valence-electron chi connectivity index (χ1n) is 11.9. The van der Waals surface area contributed by atoms with Crippen LogP contribution < -0.4 is 4.74 Å². The summed E-state index contributed by atoms with van der Waals surface area (Å²) in [6, 6.07) is 6.89. The van der Waals surface area contributed by atoms with Gasteiger partial charge in [0.1, 0.15) is 12.4 Å². The highest BCUT2D eigenvalue weighted by molar-refractivity contribution is 5.72. The summed E-state index contributed by atoms with van der Waals surface area (Å²) in [7, 11) is 0. The summed E-state index contributed by atoms with van der Waals surface area (Å²) in [4.78, 5) is 25.2. The fourth-order valence-electron chi connectivity index (χ4n) is 2.94. The van der Waals surface area contributed by atoms with Crippen molar-refractivity contribution in [2.24, 2.45) is 5.41 Å². The van der Waals surface area contributed by atoms with E-state index in [1.807, 2.05) is 20.8 Å². The van der Waals surface area contributed by atoms with Gasteiger partial charge in [-0.3, -0.25) is 0 Å². The molecule has 0 radical (unpaired) electrons. The van der Waals surface area contributed by atoms with Crippen LogP contribution in [0.4, 0.5) is 18.0 Å². The molecule has 0 heterocycles. The number of benzene rings is 1. The average Bonchev–Trinajstić information content (AvgIpc) is 2.78. The van der Waals surface area contributed by atoms with Crippen molar-refractivity contribution < 1.29 is 46.8 Å². The van der Waals surface area contributed by atoms with Gasteiger partial charge >= 0.3 is 18.2 Å². The normalized spacial score (nSPS) is 12.8. The van der Waals surface area contributed by atoms with Crippen LogP contribution in [-0.4, -0.2) is 80.5 Å². The van der Waals surface area contributed by atoms with Crippen molar-refractivity contribution in [2.75, 3.05) is 46.1 Å². The molecule has 1 unspecified atom stereocenters. The average molecular weight is 522 g/mol. The van der Waals surface area contributed by atoms with Crippen molar-refractivity contribution in [1.29, 1.82) is 0 Å². The molecule has 1 rings (SSSR count). The number of carbonyl (C=O) groups is 2. The van der Waals surface area contributed by atoms with E-state index in [1.54, 1.807) is 31.2 Å². The summed E-state index contributed by atoms with van der Waals surface area (Å²) in [5, 5.41) is 9.21. The highest BCUT2D eigenvalue weighted by Gasteiger charge is 2.26. The third-order valence-electron chi connectivity index (χ3n) is 4.76. The van der Waals surface area contributed by atoms with E-state index in [0.717, 1.165) is 5.56 Å². The minimum absolute atomic E-state index is 0.0563. The number of nitrogens with zero attached hydrogens (tertiary/aromatic N) is 1. The first-order valence-corrected chi connectivity index (χ1v) is 11.9. The first kappa shape index (κ1) is 31.5. The van der Waals surface area contributed by atoms with Crippen LogP contribution in [-0.2, 0) is 25.4 Å². The number of carboxylic acids is 1. The van der Waals surface area contributed by atoms with Crippen molar-refractivity contribution in [1.82, 2.24) is 4.90 Å². The molecule has 0 aliphatic heterocycles. The maximum absolute atomic E-state index is 12.5. The molecule has 206 valence electrons. The molecule has 36 heavy (non-hydrogen) atoms. The molecule has 0 bridgehead atoms. The van der Waals surface area contributed by atoms with E-state index in [1.165, 1.54) is 4.90 Å². The molecule has 1 amide bonds. The van der Waals surface area contributed by atoms with Crippen molar-refractivity contribution in [3.8, 4) is 5.75 Å². The largest absolute Gasteiger partial charge is 0.492 e. The molecule has 1 atom stereocenters. The zero-order valence-electron chi connectivity index (χ0n) is 21.4. The third kappa shape index (κ3) is 14.8. The molecule has 0 aliphatic carbocycles. The molecule has 1 N–H and O–H groups in total. The van der Waals surface area contributed by atoms with E-state index >= 15 is 0 Å². The minimum Gasteiger partial charge on any atom is -0.492 e. The second-order valence-corrected chi connectivity index (χ2v) is 9.41. The zero-order chi connectivity index (χ0) is 27.2. The topological polar surface area (TPSA) is 94.5 Å². The highest BCUT2D eigenvalue weighted by atomic mass is 19.4. The number of hydrogen-bond acceptors (Lipinski definition) is 6. The van der Waals surface area contributed by atoms with Gasteiger partial charge in [0.25, 0.3) is 0 Å². The van der Waals surface area contributed by atoms with E-state index in [0.29, 0.717) is 12.4 Å². The Morgan fingerprint density at radius 1 is 1.03 bits per heavy atom. The Kier molecular flexibility index (Phi) is 13.6. The van der Waals surface area contributed by atoms with Crippen molar-refractivity contribution in [3.63, 3.8) is 0 Å². The molecule has 8 nitrogen and oxygen atoms in total. The predicted molar refractivity (Wildman–Crippen MR) is 127 cm³/mol. The summed E-state index contributed by atoms with van der Waals surface area (Å²) >= 11 is 0. The number of ether oxygens (including phenoxy) is 4. The smallest absolute Gasteiger partial charge is 0.409 e. The van der Waals surface area contributed by atoms with Crippen LogP contribution in [0.2, 0.25) is 0 Å². The summed E-state index contributed by atoms with van der Waals surface area (Å²) in [5.41, 5.74) is 0.549.